The van der Waals surface area contributed by atoms with Crippen LogP contribution < -0.4 is 4.90 Å². The summed E-state index contributed by atoms with van der Waals surface area (Å²) in [7, 11) is 0. The molecule has 1 unspecified atom stereocenters. The van der Waals surface area contributed by atoms with Gasteiger partial charge in [0.05, 0.1) is 17.4 Å². The molecule has 6 heteroatoms. The Hall–Kier alpha value is -1.95. The average Bonchev–Trinajstić information content (AvgIpc) is 2.78. The number of β-amino-alcohol motifs (C(OH)–C–C–N with tert-alkyl or cyclic N) is 1. The van der Waals surface area contributed by atoms with Gasteiger partial charge in [-0.2, -0.15) is 0 Å². The number of aryl methyl sites for hydroxylation is 2. The first kappa shape index (κ1) is 13.1. The van der Waals surface area contributed by atoms with Gasteiger partial charge in [0.1, 0.15) is 0 Å². The van der Waals surface area contributed by atoms with Crippen molar-refractivity contribution in [2.75, 3.05) is 18.0 Å². The second kappa shape index (κ2) is 5.20. The second-order valence-corrected chi connectivity index (χ2v) is 5.16. The van der Waals surface area contributed by atoms with E-state index in [4.69, 9.17) is 4.42 Å². The lowest BCUT2D eigenvalue weighted by atomic mass is 10.1. The predicted octanol–water partition coefficient (Wildman–Crippen LogP) is 1.71. The van der Waals surface area contributed by atoms with Gasteiger partial charge in [-0.25, -0.2) is 15.0 Å². The summed E-state index contributed by atoms with van der Waals surface area (Å²) < 4.78 is 5.56. The van der Waals surface area contributed by atoms with E-state index in [0.29, 0.717) is 24.1 Å². The quantitative estimate of drug-likeness (QED) is 0.898. The van der Waals surface area contributed by atoms with Gasteiger partial charge in [0.2, 0.25) is 5.95 Å². The molecular weight excluding hydrogens is 256 g/mol. The van der Waals surface area contributed by atoms with E-state index in [1.165, 1.54) is 0 Å². The van der Waals surface area contributed by atoms with Crippen LogP contribution in [0.2, 0.25) is 0 Å². The average molecular weight is 274 g/mol. The summed E-state index contributed by atoms with van der Waals surface area (Å²) in [6.45, 7) is 5.21. The van der Waals surface area contributed by atoms with E-state index in [2.05, 4.69) is 15.0 Å². The minimum absolute atomic E-state index is 0.286. The highest BCUT2D eigenvalue weighted by Crippen LogP contribution is 2.24. The zero-order valence-electron chi connectivity index (χ0n) is 11.7. The fourth-order valence-electron chi connectivity index (χ4n) is 2.54. The number of aliphatic hydroxyl groups is 1. The predicted molar refractivity (Wildman–Crippen MR) is 74.5 cm³/mol. The molecule has 0 saturated carbocycles. The van der Waals surface area contributed by atoms with E-state index in [-0.39, 0.29) is 6.10 Å². The molecule has 2 aromatic heterocycles. The highest BCUT2D eigenvalue weighted by molar-refractivity contribution is 5.58. The lowest BCUT2D eigenvalue weighted by Crippen LogP contribution is -2.39. The summed E-state index contributed by atoms with van der Waals surface area (Å²) in [5.74, 6) is 2.01. The summed E-state index contributed by atoms with van der Waals surface area (Å²) >= 11 is 0. The highest BCUT2D eigenvalue weighted by atomic mass is 16.4. The van der Waals surface area contributed by atoms with Crippen LogP contribution in [0.1, 0.15) is 24.4 Å². The van der Waals surface area contributed by atoms with Crippen molar-refractivity contribution in [2.45, 2.75) is 32.8 Å². The summed E-state index contributed by atoms with van der Waals surface area (Å²) in [5, 5.41) is 9.69. The zero-order valence-corrected chi connectivity index (χ0v) is 11.7. The van der Waals surface area contributed by atoms with Crippen LogP contribution in [0.25, 0.3) is 11.3 Å². The molecule has 2 aromatic rings. The summed E-state index contributed by atoms with van der Waals surface area (Å²) in [6.07, 6.45) is 5.02. The van der Waals surface area contributed by atoms with Gasteiger partial charge < -0.3 is 14.4 Å². The van der Waals surface area contributed by atoms with Crippen LogP contribution in [0, 0.1) is 13.8 Å². The maximum Gasteiger partial charge on any atom is 0.225 e. The molecule has 1 fully saturated rings. The molecule has 3 heterocycles. The van der Waals surface area contributed by atoms with Crippen LogP contribution in [-0.4, -0.2) is 39.3 Å². The van der Waals surface area contributed by atoms with E-state index in [1.54, 1.807) is 12.4 Å². The number of aliphatic hydroxyl groups excluding tert-OH is 1. The first-order chi connectivity index (χ1) is 9.63. The second-order valence-electron chi connectivity index (χ2n) is 5.16. The third kappa shape index (κ3) is 2.51. The van der Waals surface area contributed by atoms with Crippen LogP contribution in [0.15, 0.2) is 16.8 Å². The molecule has 1 atom stereocenters. The van der Waals surface area contributed by atoms with Gasteiger partial charge in [-0.1, -0.05) is 0 Å². The standard InChI is InChI=1S/C14H18N4O2/c1-9-13(20-10(2)17-9)11-6-15-14(16-7-11)18-5-3-4-12(19)8-18/h6-7,12,19H,3-5,8H2,1-2H3. The van der Waals surface area contributed by atoms with Gasteiger partial charge >= 0.3 is 0 Å². The molecule has 0 aromatic carbocycles. The van der Waals surface area contributed by atoms with E-state index in [0.717, 1.165) is 30.6 Å². The Morgan fingerprint density at radius 1 is 1.30 bits per heavy atom. The smallest absolute Gasteiger partial charge is 0.225 e. The molecule has 0 bridgehead atoms. The number of rotatable bonds is 2. The summed E-state index contributed by atoms with van der Waals surface area (Å²) in [5.41, 5.74) is 1.66. The lowest BCUT2D eigenvalue weighted by Gasteiger charge is -2.29. The monoisotopic (exact) mass is 274 g/mol. The molecule has 1 N–H and O–H groups in total. The Labute approximate surface area is 117 Å². The molecule has 0 amide bonds. The van der Waals surface area contributed by atoms with E-state index < -0.39 is 0 Å². The lowest BCUT2D eigenvalue weighted by molar-refractivity contribution is 0.153. The van der Waals surface area contributed by atoms with E-state index in [9.17, 15) is 5.11 Å². The first-order valence-electron chi connectivity index (χ1n) is 6.83. The Balaban J connectivity index is 1.82. The van der Waals surface area contributed by atoms with Crippen molar-refractivity contribution < 1.29 is 9.52 Å². The number of nitrogens with zero attached hydrogens (tertiary/aromatic N) is 4. The Morgan fingerprint density at radius 3 is 2.65 bits per heavy atom. The number of hydrogen-bond acceptors (Lipinski definition) is 6. The third-order valence-corrected chi connectivity index (χ3v) is 3.48. The minimum Gasteiger partial charge on any atom is -0.441 e. The fraction of sp³-hybridized carbons (Fsp3) is 0.500. The number of hydrogen-bond donors (Lipinski definition) is 1. The van der Waals surface area contributed by atoms with Gasteiger partial charge in [-0.15, -0.1) is 0 Å². The van der Waals surface area contributed by atoms with Crippen LogP contribution in [0.4, 0.5) is 5.95 Å². The molecular formula is C14H18N4O2. The third-order valence-electron chi connectivity index (χ3n) is 3.48. The molecule has 0 radical (unpaired) electrons. The van der Waals surface area contributed by atoms with Crippen molar-refractivity contribution in [3.8, 4) is 11.3 Å². The van der Waals surface area contributed by atoms with Gasteiger partial charge in [0.25, 0.3) is 0 Å². The molecule has 3 rings (SSSR count). The van der Waals surface area contributed by atoms with Gasteiger partial charge in [0, 0.05) is 32.4 Å². The van der Waals surface area contributed by atoms with Crippen LogP contribution in [0.3, 0.4) is 0 Å². The number of piperidine rings is 1. The van der Waals surface area contributed by atoms with Crippen molar-refractivity contribution in [1.82, 2.24) is 15.0 Å². The molecule has 1 aliphatic rings. The SMILES string of the molecule is Cc1nc(C)c(-c2cnc(N3CCCC(O)C3)nc2)o1. The van der Waals surface area contributed by atoms with Crippen molar-refractivity contribution >= 4 is 5.95 Å². The number of oxazole rings is 1. The van der Waals surface area contributed by atoms with Crippen molar-refractivity contribution in [2.24, 2.45) is 0 Å². The van der Waals surface area contributed by atoms with Gasteiger partial charge in [-0.05, 0) is 19.8 Å². The normalized spacial score (nSPS) is 19.4. The van der Waals surface area contributed by atoms with Crippen molar-refractivity contribution in [3.63, 3.8) is 0 Å². The summed E-state index contributed by atoms with van der Waals surface area (Å²) in [4.78, 5) is 15.0. The van der Waals surface area contributed by atoms with Crippen LogP contribution in [0.5, 0.6) is 0 Å². The maximum atomic E-state index is 9.69. The van der Waals surface area contributed by atoms with Gasteiger partial charge in [-0.3, -0.25) is 0 Å². The molecule has 1 saturated heterocycles. The van der Waals surface area contributed by atoms with Crippen molar-refractivity contribution in [1.29, 1.82) is 0 Å². The molecule has 0 aliphatic carbocycles. The van der Waals surface area contributed by atoms with Gasteiger partial charge in [0.15, 0.2) is 11.7 Å². The topological polar surface area (TPSA) is 75.3 Å². The molecule has 6 nitrogen and oxygen atoms in total. The fourth-order valence-corrected chi connectivity index (χ4v) is 2.54. The van der Waals surface area contributed by atoms with E-state index >= 15 is 0 Å². The molecule has 1 aliphatic heterocycles. The Morgan fingerprint density at radius 2 is 2.05 bits per heavy atom. The zero-order chi connectivity index (χ0) is 14.1. The van der Waals surface area contributed by atoms with E-state index in [1.807, 2.05) is 18.7 Å². The number of aromatic nitrogens is 3. The first-order valence-corrected chi connectivity index (χ1v) is 6.83. The minimum atomic E-state index is -0.286. The molecule has 106 valence electrons. The van der Waals surface area contributed by atoms with Crippen LogP contribution >= 0.6 is 0 Å². The summed E-state index contributed by atoms with van der Waals surface area (Å²) in [6, 6.07) is 0. The maximum absolute atomic E-state index is 9.69. The van der Waals surface area contributed by atoms with Crippen LogP contribution in [-0.2, 0) is 0 Å². The molecule has 20 heavy (non-hydrogen) atoms. The Kier molecular flexibility index (Phi) is 3.40. The number of anilines is 1. The Bertz CT molecular complexity index is 594. The molecule has 0 spiro atoms. The highest BCUT2D eigenvalue weighted by Gasteiger charge is 2.20. The largest absolute Gasteiger partial charge is 0.441 e. The van der Waals surface area contributed by atoms with Crippen molar-refractivity contribution in [3.05, 3.63) is 24.0 Å².